The van der Waals surface area contributed by atoms with Gasteiger partial charge in [-0.2, -0.15) is 0 Å². The standard InChI is InChI=1S/C11H18N2O/c1-8-9(5-7-14-8)11(12-2)10-4-3-6-13-10/h3-4,6,8-9,11-13H,5,7H2,1-2H3. The summed E-state index contributed by atoms with van der Waals surface area (Å²) in [5.41, 5.74) is 1.26. The Hall–Kier alpha value is -0.800. The van der Waals surface area contributed by atoms with Crippen molar-refractivity contribution >= 4 is 0 Å². The Labute approximate surface area is 84.9 Å². The third kappa shape index (κ3) is 1.70. The zero-order valence-electron chi connectivity index (χ0n) is 8.79. The lowest BCUT2D eigenvalue weighted by atomic mass is 9.91. The minimum atomic E-state index is 0.357. The van der Waals surface area contributed by atoms with Crippen molar-refractivity contribution in [2.75, 3.05) is 13.7 Å². The fraction of sp³-hybridized carbons (Fsp3) is 0.636. The van der Waals surface area contributed by atoms with Crippen LogP contribution in [0.25, 0.3) is 0 Å². The molecule has 1 saturated heterocycles. The second-order valence-corrected chi connectivity index (χ2v) is 3.92. The van der Waals surface area contributed by atoms with Gasteiger partial charge in [0.05, 0.1) is 12.1 Å². The molecule has 0 spiro atoms. The van der Waals surface area contributed by atoms with E-state index in [1.165, 1.54) is 5.69 Å². The van der Waals surface area contributed by atoms with Crippen LogP contribution in [-0.2, 0) is 4.74 Å². The second kappa shape index (κ2) is 4.15. The number of H-pyrrole nitrogens is 1. The average Bonchev–Trinajstić information content (AvgIpc) is 2.80. The molecule has 1 aromatic rings. The van der Waals surface area contributed by atoms with Crippen molar-refractivity contribution in [3.8, 4) is 0 Å². The van der Waals surface area contributed by atoms with Crippen molar-refractivity contribution in [2.45, 2.75) is 25.5 Å². The molecule has 3 unspecified atom stereocenters. The maximum atomic E-state index is 5.59. The van der Waals surface area contributed by atoms with E-state index in [1.807, 2.05) is 19.3 Å². The summed E-state index contributed by atoms with van der Waals surface area (Å²) in [6.45, 7) is 3.05. The molecule has 0 aromatic carbocycles. The molecule has 1 aliphatic rings. The molecule has 2 heterocycles. The number of aromatic amines is 1. The Morgan fingerprint density at radius 1 is 1.64 bits per heavy atom. The maximum absolute atomic E-state index is 5.59. The summed E-state index contributed by atoms with van der Waals surface area (Å²) in [6.07, 6.45) is 3.47. The van der Waals surface area contributed by atoms with Gasteiger partial charge in [-0.15, -0.1) is 0 Å². The first-order valence-electron chi connectivity index (χ1n) is 5.25. The normalized spacial score (nSPS) is 29.3. The topological polar surface area (TPSA) is 37.0 Å². The lowest BCUT2D eigenvalue weighted by Gasteiger charge is -2.24. The quantitative estimate of drug-likeness (QED) is 0.768. The molecule has 3 atom stereocenters. The van der Waals surface area contributed by atoms with Gasteiger partial charge in [-0.25, -0.2) is 0 Å². The molecule has 0 radical (unpaired) electrons. The predicted octanol–water partition coefficient (Wildman–Crippen LogP) is 1.70. The van der Waals surface area contributed by atoms with E-state index in [9.17, 15) is 0 Å². The summed E-state index contributed by atoms with van der Waals surface area (Å²) in [5, 5.41) is 3.37. The Bertz CT molecular complexity index is 271. The van der Waals surface area contributed by atoms with Crippen LogP contribution in [0, 0.1) is 5.92 Å². The molecule has 2 rings (SSSR count). The zero-order valence-corrected chi connectivity index (χ0v) is 8.79. The van der Waals surface area contributed by atoms with Crippen LogP contribution >= 0.6 is 0 Å². The fourth-order valence-electron chi connectivity index (χ4n) is 2.32. The molecule has 1 fully saturated rings. The van der Waals surface area contributed by atoms with Crippen LogP contribution < -0.4 is 5.32 Å². The molecular weight excluding hydrogens is 176 g/mol. The third-order valence-corrected chi connectivity index (χ3v) is 3.13. The molecule has 14 heavy (non-hydrogen) atoms. The van der Waals surface area contributed by atoms with Gasteiger partial charge in [-0.05, 0) is 32.5 Å². The number of rotatable bonds is 3. The Balaban J connectivity index is 2.13. The average molecular weight is 194 g/mol. The van der Waals surface area contributed by atoms with Gasteiger partial charge in [0.2, 0.25) is 0 Å². The summed E-state index contributed by atoms with van der Waals surface area (Å²) in [7, 11) is 2.01. The number of nitrogens with one attached hydrogen (secondary N) is 2. The van der Waals surface area contributed by atoms with Gasteiger partial charge in [0.25, 0.3) is 0 Å². The molecule has 0 amide bonds. The van der Waals surface area contributed by atoms with E-state index in [0.717, 1.165) is 13.0 Å². The van der Waals surface area contributed by atoms with Gasteiger partial charge in [0.1, 0.15) is 0 Å². The fourth-order valence-corrected chi connectivity index (χ4v) is 2.32. The Morgan fingerprint density at radius 3 is 3.00 bits per heavy atom. The number of ether oxygens (including phenoxy) is 1. The van der Waals surface area contributed by atoms with Gasteiger partial charge in [-0.1, -0.05) is 0 Å². The van der Waals surface area contributed by atoms with Crippen molar-refractivity contribution in [3.63, 3.8) is 0 Å². The summed E-state index contributed by atoms with van der Waals surface area (Å²) in [6, 6.07) is 4.56. The van der Waals surface area contributed by atoms with Gasteiger partial charge < -0.3 is 15.0 Å². The van der Waals surface area contributed by atoms with Crippen molar-refractivity contribution in [1.29, 1.82) is 0 Å². The van der Waals surface area contributed by atoms with Gasteiger partial charge in [0.15, 0.2) is 0 Å². The summed E-state index contributed by atoms with van der Waals surface area (Å²) in [5.74, 6) is 0.582. The van der Waals surface area contributed by atoms with Crippen LogP contribution in [0.1, 0.15) is 25.1 Å². The first-order chi connectivity index (χ1) is 6.83. The Morgan fingerprint density at radius 2 is 2.50 bits per heavy atom. The van der Waals surface area contributed by atoms with E-state index < -0.39 is 0 Å². The molecule has 0 bridgehead atoms. The minimum absolute atomic E-state index is 0.357. The summed E-state index contributed by atoms with van der Waals surface area (Å²) < 4.78 is 5.59. The third-order valence-electron chi connectivity index (χ3n) is 3.13. The van der Waals surface area contributed by atoms with Gasteiger partial charge in [-0.3, -0.25) is 0 Å². The largest absolute Gasteiger partial charge is 0.378 e. The molecule has 78 valence electrons. The summed E-state index contributed by atoms with van der Waals surface area (Å²) >= 11 is 0. The van der Waals surface area contributed by atoms with Gasteiger partial charge >= 0.3 is 0 Å². The molecular formula is C11H18N2O. The highest BCUT2D eigenvalue weighted by Gasteiger charge is 2.32. The van der Waals surface area contributed by atoms with Crippen LogP contribution in [-0.4, -0.2) is 24.7 Å². The summed E-state index contributed by atoms with van der Waals surface area (Å²) in [4.78, 5) is 3.27. The molecule has 1 aliphatic heterocycles. The van der Waals surface area contributed by atoms with E-state index in [2.05, 4.69) is 23.3 Å². The highest BCUT2D eigenvalue weighted by Crippen LogP contribution is 2.32. The van der Waals surface area contributed by atoms with Gasteiger partial charge in [0, 0.05) is 24.4 Å². The van der Waals surface area contributed by atoms with Crippen LogP contribution in [0.3, 0.4) is 0 Å². The van der Waals surface area contributed by atoms with Crippen LogP contribution in [0.4, 0.5) is 0 Å². The lowest BCUT2D eigenvalue weighted by Crippen LogP contribution is -2.29. The first-order valence-corrected chi connectivity index (χ1v) is 5.25. The van der Waals surface area contributed by atoms with E-state index in [-0.39, 0.29) is 0 Å². The number of hydrogen-bond acceptors (Lipinski definition) is 2. The molecule has 2 N–H and O–H groups in total. The maximum Gasteiger partial charge on any atom is 0.0594 e. The highest BCUT2D eigenvalue weighted by molar-refractivity contribution is 5.11. The first kappa shape index (κ1) is 9.74. The highest BCUT2D eigenvalue weighted by atomic mass is 16.5. The van der Waals surface area contributed by atoms with Crippen LogP contribution in [0.5, 0.6) is 0 Å². The molecule has 3 nitrogen and oxygen atoms in total. The molecule has 3 heteroatoms. The van der Waals surface area contributed by atoms with Crippen molar-refractivity contribution in [2.24, 2.45) is 5.92 Å². The van der Waals surface area contributed by atoms with Crippen LogP contribution in [0.2, 0.25) is 0 Å². The van der Waals surface area contributed by atoms with Crippen molar-refractivity contribution in [3.05, 3.63) is 24.0 Å². The monoisotopic (exact) mass is 194 g/mol. The second-order valence-electron chi connectivity index (χ2n) is 3.92. The smallest absolute Gasteiger partial charge is 0.0594 e. The minimum Gasteiger partial charge on any atom is -0.378 e. The van der Waals surface area contributed by atoms with Crippen molar-refractivity contribution < 1.29 is 4.74 Å². The predicted molar refractivity (Wildman–Crippen MR) is 56.1 cm³/mol. The molecule has 0 saturated carbocycles. The zero-order chi connectivity index (χ0) is 9.97. The van der Waals surface area contributed by atoms with E-state index in [0.29, 0.717) is 18.1 Å². The van der Waals surface area contributed by atoms with E-state index >= 15 is 0 Å². The lowest BCUT2D eigenvalue weighted by molar-refractivity contribution is 0.0959. The van der Waals surface area contributed by atoms with E-state index in [1.54, 1.807) is 0 Å². The van der Waals surface area contributed by atoms with Crippen molar-refractivity contribution in [1.82, 2.24) is 10.3 Å². The molecule has 1 aromatic heterocycles. The number of hydrogen-bond donors (Lipinski definition) is 2. The van der Waals surface area contributed by atoms with E-state index in [4.69, 9.17) is 4.74 Å². The Kier molecular flexibility index (Phi) is 2.89. The number of aromatic nitrogens is 1. The van der Waals surface area contributed by atoms with Crippen LogP contribution in [0.15, 0.2) is 18.3 Å². The molecule has 0 aliphatic carbocycles. The SMILES string of the molecule is CNC(c1ccc[nH]1)C1CCOC1C.